The van der Waals surface area contributed by atoms with Crippen molar-refractivity contribution in [1.29, 1.82) is 0 Å². The fourth-order valence-corrected chi connectivity index (χ4v) is 7.04. The molecule has 0 saturated heterocycles. The maximum Gasteiger partial charge on any atom is 0.264 e. The number of hydrogen-bond donors (Lipinski definition) is 1. The molecule has 1 aliphatic rings. The molecule has 42 heavy (non-hydrogen) atoms. The van der Waals surface area contributed by atoms with Crippen LogP contribution in [0.25, 0.3) is 0 Å². The molecule has 1 fully saturated rings. The third kappa shape index (κ3) is 7.32. The van der Waals surface area contributed by atoms with Gasteiger partial charge in [-0.05, 0) is 62.2 Å². The van der Waals surface area contributed by atoms with Crippen LogP contribution >= 0.6 is 34.8 Å². The number of rotatable bonds is 11. The van der Waals surface area contributed by atoms with E-state index >= 15 is 0 Å². The van der Waals surface area contributed by atoms with E-state index in [-0.39, 0.29) is 39.8 Å². The molecule has 0 spiro atoms. The summed E-state index contributed by atoms with van der Waals surface area (Å²) in [4.78, 5) is 28.8. The van der Waals surface area contributed by atoms with Gasteiger partial charge >= 0.3 is 0 Å². The number of carbonyl (C=O) groups is 2. The Bertz CT molecular complexity index is 1510. The summed E-state index contributed by atoms with van der Waals surface area (Å²) in [6.07, 6.45) is 3.76. The minimum absolute atomic E-state index is 0.0199. The third-order valence-electron chi connectivity index (χ3n) is 7.28. The van der Waals surface area contributed by atoms with Gasteiger partial charge in [-0.25, -0.2) is 8.42 Å². The molecule has 1 N–H and O–H groups in total. The largest absolute Gasteiger partial charge is 0.495 e. The van der Waals surface area contributed by atoms with Gasteiger partial charge in [0.1, 0.15) is 18.3 Å². The zero-order valence-electron chi connectivity index (χ0n) is 23.2. The van der Waals surface area contributed by atoms with Crippen molar-refractivity contribution in [2.45, 2.75) is 56.1 Å². The third-order valence-corrected chi connectivity index (χ3v) is 10.00. The van der Waals surface area contributed by atoms with E-state index in [2.05, 4.69) is 5.32 Å². The Morgan fingerprint density at radius 2 is 1.62 bits per heavy atom. The van der Waals surface area contributed by atoms with E-state index in [1.807, 2.05) is 0 Å². The zero-order valence-corrected chi connectivity index (χ0v) is 26.3. The number of anilines is 1. The Morgan fingerprint density at radius 1 is 0.976 bits per heavy atom. The molecule has 12 heteroatoms. The maximum atomic E-state index is 14.2. The zero-order chi connectivity index (χ0) is 30.4. The van der Waals surface area contributed by atoms with Crippen LogP contribution in [0.5, 0.6) is 5.75 Å². The fraction of sp³-hybridized carbons (Fsp3) is 0.333. The van der Waals surface area contributed by atoms with Crippen LogP contribution in [0.1, 0.15) is 38.2 Å². The Morgan fingerprint density at radius 3 is 2.24 bits per heavy atom. The second kappa shape index (κ2) is 14.0. The average molecular weight is 653 g/mol. The highest BCUT2D eigenvalue weighted by Gasteiger charge is 2.35. The molecular weight excluding hydrogens is 621 g/mol. The number of nitrogens with zero attached hydrogens (tertiary/aromatic N) is 2. The summed E-state index contributed by atoms with van der Waals surface area (Å²) in [5, 5.41) is 3.90. The van der Waals surface area contributed by atoms with E-state index in [4.69, 9.17) is 39.5 Å². The summed E-state index contributed by atoms with van der Waals surface area (Å²) in [5.74, 6) is -0.808. The summed E-state index contributed by atoms with van der Waals surface area (Å²) < 4.78 is 34.4. The lowest BCUT2D eigenvalue weighted by Crippen LogP contribution is -2.52. The van der Waals surface area contributed by atoms with Gasteiger partial charge in [-0.3, -0.25) is 13.9 Å². The molecule has 0 aliphatic heterocycles. The first kappa shape index (κ1) is 31.9. The van der Waals surface area contributed by atoms with Crippen molar-refractivity contribution in [3.8, 4) is 5.75 Å². The predicted octanol–water partition coefficient (Wildman–Crippen LogP) is 6.33. The van der Waals surface area contributed by atoms with Gasteiger partial charge in [0.05, 0.1) is 17.7 Å². The highest BCUT2D eigenvalue weighted by molar-refractivity contribution is 7.92. The van der Waals surface area contributed by atoms with Crippen LogP contribution in [0.2, 0.25) is 15.1 Å². The number of amides is 2. The fourth-order valence-electron chi connectivity index (χ4n) is 4.92. The first-order valence-corrected chi connectivity index (χ1v) is 16.0. The summed E-state index contributed by atoms with van der Waals surface area (Å²) in [6.45, 7) is 0.822. The van der Waals surface area contributed by atoms with Gasteiger partial charge in [0.15, 0.2) is 0 Å². The van der Waals surface area contributed by atoms with Gasteiger partial charge in [0.25, 0.3) is 10.0 Å². The summed E-state index contributed by atoms with van der Waals surface area (Å²) in [5.41, 5.74) is 0.508. The lowest BCUT2D eigenvalue weighted by Gasteiger charge is -2.33. The standard InChI is InChI=1S/C30H32Cl3N3O5S/c1-20(30(38)34-22-9-6-7-10-22)35(18-24-25(32)13-8-14-26(24)33)29(37)19-36(27-17-21(31)15-16-28(27)41-2)42(39,40)23-11-4-3-5-12-23/h3-5,8,11-17,20,22H,6-7,9-10,18-19H2,1-2H3,(H,34,38)/t20-/m1/s1. The quantitative estimate of drug-likeness (QED) is 0.261. The minimum atomic E-state index is -4.29. The van der Waals surface area contributed by atoms with Crippen LogP contribution in [-0.4, -0.2) is 50.9 Å². The Labute approximate surface area is 261 Å². The van der Waals surface area contributed by atoms with E-state index < -0.39 is 28.5 Å². The number of carbonyl (C=O) groups excluding carboxylic acids is 2. The number of hydrogen-bond acceptors (Lipinski definition) is 5. The molecule has 8 nitrogen and oxygen atoms in total. The highest BCUT2D eigenvalue weighted by atomic mass is 35.5. The molecule has 224 valence electrons. The second-order valence-electron chi connectivity index (χ2n) is 10.0. The lowest BCUT2D eigenvalue weighted by atomic mass is 10.1. The Hall–Kier alpha value is -2.98. The van der Waals surface area contributed by atoms with Crippen LogP contribution in [0.15, 0.2) is 71.6 Å². The molecule has 0 radical (unpaired) electrons. The number of benzene rings is 3. The molecule has 2 amide bonds. The molecular formula is C30H32Cl3N3O5S. The van der Waals surface area contributed by atoms with Gasteiger partial charge in [0.2, 0.25) is 11.8 Å². The number of nitrogens with one attached hydrogen (secondary N) is 1. The first-order chi connectivity index (χ1) is 20.0. The van der Waals surface area contributed by atoms with E-state index in [1.54, 1.807) is 49.4 Å². The predicted molar refractivity (Wildman–Crippen MR) is 166 cm³/mol. The van der Waals surface area contributed by atoms with Crippen LogP contribution < -0.4 is 14.4 Å². The van der Waals surface area contributed by atoms with Crippen LogP contribution in [0.4, 0.5) is 5.69 Å². The smallest absolute Gasteiger partial charge is 0.264 e. The molecule has 0 unspecified atom stereocenters. The minimum Gasteiger partial charge on any atom is -0.495 e. The van der Waals surface area contributed by atoms with Gasteiger partial charge in [-0.15, -0.1) is 0 Å². The summed E-state index contributed by atoms with van der Waals surface area (Å²) in [6, 6.07) is 16.2. The van der Waals surface area contributed by atoms with Gasteiger partial charge in [-0.2, -0.15) is 0 Å². The van der Waals surface area contributed by atoms with Crippen molar-refractivity contribution in [2.75, 3.05) is 18.0 Å². The molecule has 0 bridgehead atoms. The van der Waals surface area contributed by atoms with Crippen molar-refractivity contribution in [1.82, 2.24) is 10.2 Å². The van der Waals surface area contributed by atoms with Crippen LogP contribution in [-0.2, 0) is 26.2 Å². The molecule has 3 aromatic carbocycles. The van der Waals surface area contributed by atoms with E-state index in [0.717, 1.165) is 30.0 Å². The Balaban J connectivity index is 1.76. The number of halogens is 3. The lowest BCUT2D eigenvalue weighted by molar-refractivity contribution is -0.139. The van der Waals surface area contributed by atoms with E-state index in [1.165, 1.54) is 36.3 Å². The van der Waals surface area contributed by atoms with Crippen molar-refractivity contribution >= 4 is 62.3 Å². The van der Waals surface area contributed by atoms with Crippen molar-refractivity contribution in [3.05, 3.63) is 87.4 Å². The van der Waals surface area contributed by atoms with Crippen LogP contribution in [0.3, 0.4) is 0 Å². The van der Waals surface area contributed by atoms with Gasteiger partial charge in [-0.1, -0.05) is 71.9 Å². The maximum absolute atomic E-state index is 14.2. The van der Waals surface area contributed by atoms with Crippen molar-refractivity contribution in [2.24, 2.45) is 0 Å². The molecule has 0 aromatic heterocycles. The first-order valence-electron chi connectivity index (χ1n) is 13.5. The number of methoxy groups -OCH3 is 1. The van der Waals surface area contributed by atoms with Gasteiger partial charge in [0, 0.05) is 33.2 Å². The molecule has 1 aliphatic carbocycles. The molecule has 1 atom stereocenters. The van der Waals surface area contributed by atoms with Gasteiger partial charge < -0.3 is 15.0 Å². The van der Waals surface area contributed by atoms with E-state index in [9.17, 15) is 18.0 Å². The normalized spacial score (nSPS) is 14.3. The number of ether oxygens (including phenoxy) is 1. The van der Waals surface area contributed by atoms with E-state index in [0.29, 0.717) is 15.6 Å². The van der Waals surface area contributed by atoms with Crippen molar-refractivity contribution < 1.29 is 22.7 Å². The molecule has 1 saturated carbocycles. The Kier molecular flexibility index (Phi) is 10.6. The summed E-state index contributed by atoms with van der Waals surface area (Å²) >= 11 is 19.2. The average Bonchev–Trinajstić information content (AvgIpc) is 3.48. The van der Waals surface area contributed by atoms with Crippen molar-refractivity contribution in [3.63, 3.8) is 0 Å². The summed E-state index contributed by atoms with van der Waals surface area (Å²) in [7, 11) is -2.90. The highest BCUT2D eigenvalue weighted by Crippen LogP contribution is 2.35. The molecule has 3 aromatic rings. The second-order valence-corrected chi connectivity index (χ2v) is 13.1. The molecule has 0 heterocycles. The topological polar surface area (TPSA) is 96.0 Å². The monoisotopic (exact) mass is 651 g/mol. The van der Waals surface area contributed by atoms with Crippen LogP contribution in [0, 0.1) is 0 Å². The SMILES string of the molecule is COc1ccc(Cl)cc1N(CC(=O)N(Cc1c(Cl)cccc1Cl)[C@H](C)C(=O)NC1CCCC1)S(=O)(=O)c1ccccc1. The number of sulfonamides is 1. The molecule has 4 rings (SSSR count).